The summed E-state index contributed by atoms with van der Waals surface area (Å²) in [5.41, 5.74) is 2.82. The first-order valence-electron chi connectivity index (χ1n) is 10.1. The predicted octanol–water partition coefficient (Wildman–Crippen LogP) is 5.29. The van der Waals surface area contributed by atoms with E-state index in [9.17, 15) is 0 Å². The van der Waals surface area contributed by atoms with Crippen molar-refractivity contribution < 1.29 is 9.47 Å². The van der Waals surface area contributed by atoms with Crippen LogP contribution in [0.15, 0.2) is 84.9 Å². The van der Waals surface area contributed by atoms with Crippen LogP contribution >= 0.6 is 0 Å². The first-order chi connectivity index (χ1) is 15.8. The van der Waals surface area contributed by atoms with E-state index in [4.69, 9.17) is 9.47 Å². The van der Waals surface area contributed by atoms with Gasteiger partial charge in [0.05, 0.1) is 11.2 Å². The van der Waals surface area contributed by atoms with Gasteiger partial charge in [0, 0.05) is 5.39 Å². The number of nitrogens with zero attached hydrogens (tertiary/aromatic N) is 4. The Morgan fingerprint density at radius 2 is 1.66 bits per heavy atom. The van der Waals surface area contributed by atoms with Gasteiger partial charge in [0.15, 0.2) is 5.82 Å². The number of aromatic nitrogens is 5. The van der Waals surface area contributed by atoms with E-state index < -0.39 is 0 Å². The number of H-pyrrole nitrogens is 1. The molecule has 0 amide bonds. The normalized spacial score (nSPS) is 11.1. The Balaban J connectivity index is 1.20. The summed E-state index contributed by atoms with van der Waals surface area (Å²) in [6.07, 6.45) is 3.68. The molecule has 0 aliphatic heterocycles. The molecule has 2 heterocycles. The molecule has 0 aliphatic carbocycles. The fraction of sp³-hybridized carbons (Fsp3) is 0.0400. The standard InChI is InChI=1S/C25H19N5O2/c1-2-7-24-19(5-1)9-10-20(26-24)17-31-21-11-13-22(14-12-21)32-23-6-3-4-18(16-23)8-15-25-27-29-30-28-25/h1-16H,17H2,(H,27,28,29,30). The van der Waals surface area contributed by atoms with Crippen molar-refractivity contribution in [1.29, 1.82) is 0 Å². The maximum Gasteiger partial charge on any atom is 0.197 e. The van der Waals surface area contributed by atoms with Crippen LogP contribution in [0.2, 0.25) is 0 Å². The zero-order valence-electron chi connectivity index (χ0n) is 17.1. The van der Waals surface area contributed by atoms with Crippen molar-refractivity contribution in [3.8, 4) is 17.2 Å². The highest BCUT2D eigenvalue weighted by atomic mass is 16.5. The number of hydrogen-bond acceptors (Lipinski definition) is 6. The summed E-state index contributed by atoms with van der Waals surface area (Å²) in [7, 11) is 0. The smallest absolute Gasteiger partial charge is 0.197 e. The lowest BCUT2D eigenvalue weighted by Gasteiger charge is -2.09. The minimum atomic E-state index is 0.403. The van der Waals surface area contributed by atoms with Crippen LogP contribution in [0, 0.1) is 0 Å². The Kier molecular flexibility index (Phi) is 5.53. The lowest BCUT2D eigenvalue weighted by molar-refractivity contribution is 0.301. The topological polar surface area (TPSA) is 85.8 Å². The number of para-hydroxylation sites is 1. The van der Waals surface area contributed by atoms with Crippen molar-refractivity contribution in [2.75, 3.05) is 0 Å². The molecule has 0 fully saturated rings. The van der Waals surface area contributed by atoms with Gasteiger partial charge in [-0.2, -0.15) is 5.21 Å². The number of nitrogens with one attached hydrogen (secondary N) is 1. The first-order valence-corrected chi connectivity index (χ1v) is 10.1. The second-order valence-electron chi connectivity index (χ2n) is 7.03. The van der Waals surface area contributed by atoms with Crippen LogP contribution in [0.25, 0.3) is 23.1 Å². The van der Waals surface area contributed by atoms with Gasteiger partial charge in [0.1, 0.15) is 23.9 Å². The number of hydrogen-bond donors (Lipinski definition) is 1. The number of fused-ring (bicyclic) bond motifs is 1. The van der Waals surface area contributed by atoms with E-state index >= 15 is 0 Å². The average Bonchev–Trinajstić information content (AvgIpc) is 3.36. The second-order valence-corrected chi connectivity index (χ2v) is 7.03. The number of pyridine rings is 1. The molecule has 5 aromatic rings. The molecule has 0 atom stereocenters. The van der Waals surface area contributed by atoms with Gasteiger partial charge in [-0.25, -0.2) is 4.98 Å². The molecule has 0 spiro atoms. The number of tetrazole rings is 1. The molecule has 3 aromatic carbocycles. The van der Waals surface area contributed by atoms with Gasteiger partial charge in [0.25, 0.3) is 0 Å². The Morgan fingerprint density at radius 3 is 2.53 bits per heavy atom. The zero-order chi connectivity index (χ0) is 21.6. The summed E-state index contributed by atoms with van der Waals surface area (Å²) in [6, 6.07) is 27.4. The second kappa shape index (κ2) is 9.09. The molecular formula is C25H19N5O2. The minimum Gasteiger partial charge on any atom is -0.487 e. The summed E-state index contributed by atoms with van der Waals surface area (Å²) in [5.74, 6) is 2.73. The van der Waals surface area contributed by atoms with Crippen molar-refractivity contribution >= 4 is 23.1 Å². The molecule has 0 saturated carbocycles. The SMILES string of the molecule is C(=Cc1nn[nH]n1)c1cccc(Oc2ccc(OCc3ccc4ccccc4n3)cc2)c1. The summed E-state index contributed by atoms with van der Waals surface area (Å²) in [5, 5.41) is 14.9. The van der Waals surface area contributed by atoms with E-state index in [2.05, 4.69) is 31.7 Å². The maximum absolute atomic E-state index is 5.97. The number of aromatic amines is 1. The monoisotopic (exact) mass is 421 g/mol. The maximum atomic E-state index is 5.97. The molecule has 2 aromatic heterocycles. The van der Waals surface area contributed by atoms with Crippen LogP contribution in [-0.2, 0) is 6.61 Å². The largest absolute Gasteiger partial charge is 0.487 e. The third-order valence-corrected chi connectivity index (χ3v) is 4.75. The molecule has 7 heteroatoms. The van der Waals surface area contributed by atoms with Crippen LogP contribution in [0.5, 0.6) is 17.2 Å². The number of benzene rings is 3. The van der Waals surface area contributed by atoms with Gasteiger partial charge in [0.2, 0.25) is 0 Å². The third kappa shape index (κ3) is 4.79. The van der Waals surface area contributed by atoms with Crippen molar-refractivity contribution in [3.05, 3.63) is 102 Å². The number of rotatable bonds is 7. The van der Waals surface area contributed by atoms with Crippen molar-refractivity contribution in [2.24, 2.45) is 0 Å². The fourth-order valence-corrected chi connectivity index (χ4v) is 3.18. The molecule has 1 N–H and O–H groups in total. The van der Waals surface area contributed by atoms with E-state index in [0.717, 1.165) is 39.4 Å². The molecule has 0 aliphatic rings. The van der Waals surface area contributed by atoms with Gasteiger partial charge >= 0.3 is 0 Å². The van der Waals surface area contributed by atoms with Gasteiger partial charge in [-0.1, -0.05) is 42.5 Å². The highest BCUT2D eigenvalue weighted by Gasteiger charge is 2.02. The fourth-order valence-electron chi connectivity index (χ4n) is 3.18. The van der Waals surface area contributed by atoms with Crippen LogP contribution in [0.1, 0.15) is 17.1 Å². The molecular weight excluding hydrogens is 402 g/mol. The summed E-state index contributed by atoms with van der Waals surface area (Å²) in [6.45, 7) is 0.403. The van der Waals surface area contributed by atoms with Gasteiger partial charge in [-0.05, 0) is 65.4 Å². The Labute approximate surface area is 184 Å². The molecule has 0 unspecified atom stereocenters. The van der Waals surface area contributed by atoms with Crippen LogP contribution < -0.4 is 9.47 Å². The Bertz CT molecular complexity index is 1350. The van der Waals surface area contributed by atoms with Crippen LogP contribution in [0.3, 0.4) is 0 Å². The van der Waals surface area contributed by atoms with E-state index in [0.29, 0.717) is 12.4 Å². The minimum absolute atomic E-state index is 0.403. The third-order valence-electron chi connectivity index (χ3n) is 4.75. The molecule has 7 nitrogen and oxygen atoms in total. The Hall–Kier alpha value is -4.52. The predicted molar refractivity (Wildman–Crippen MR) is 122 cm³/mol. The lowest BCUT2D eigenvalue weighted by atomic mass is 10.2. The lowest BCUT2D eigenvalue weighted by Crippen LogP contribution is -1.98. The number of ether oxygens (including phenoxy) is 2. The van der Waals surface area contributed by atoms with Crippen molar-refractivity contribution in [1.82, 2.24) is 25.6 Å². The molecule has 0 radical (unpaired) electrons. The summed E-state index contributed by atoms with van der Waals surface area (Å²) >= 11 is 0. The highest BCUT2D eigenvalue weighted by molar-refractivity contribution is 5.78. The summed E-state index contributed by atoms with van der Waals surface area (Å²) in [4.78, 5) is 4.63. The van der Waals surface area contributed by atoms with E-state index in [-0.39, 0.29) is 0 Å². The molecule has 0 bridgehead atoms. The van der Waals surface area contributed by atoms with Crippen LogP contribution in [0.4, 0.5) is 0 Å². The average molecular weight is 421 g/mol. The van der Waals surface area contributed by atoms with Gasteiger partial charge in [-0.3, -0.25) is 0 Å². The summed E-state index contributed by atoms with van der Waals surface area (Å²) < 4.78 is 11.9. The quantitative estimate of drug-likeness (QED) is 0.384. The first kappa shape index (κ1) is 19.4. The molecule has 0 saturated heterocycles. The molecule has 32 heavy (non-hydrogen) atoms. The zero-order valence-corrected chi connectivity index (χ0v) is 17.1. The Morgan fingerprint density at radius 1 is 0.781 bits per heavy atom. The molecule has 156 valence electrons. The van der Waals surface area contributed by atoms with Crippen molar-refractivity contribution in [3.63, 3.8) is 0 Å². The van der Waals surface area contributed by atoms with E-state index in [1.165, 1.54) is 0 Å². The molecule has 5 rings (SSSR count). The van der Waals surface area contributed by atoms with E-state index in [1.807, 2.05) is 84.9 Å². The van der Waals surface area contributed by atoms with Gasteiger partial charge < -0.3 is 9.47 Å². The highest BCUT2D eigenvalue weighted by Crippen LogP contribution is 2.25. The van der Waals surface area contributed by atoms with Gasteiger partial charge in [-0.15, -0.1) is 10.2 Å². The van der Waals surface area contributed by atoms with Crippen molar-refractivity contribution in [2.45, 2.75) is 6.61 Å². The van der Waals surface area contributed by atoms with E-state index in [1.54, 1.807) is 6.08 Å². The van der Waals surface area contributed by atoms with Crippen LogP contribution in [-0.4, -0.2) is 25.6 Å².